The zero-order valence-electron chi connectivity index (χ0n) is 11.0. The largest absolute Gasteiger partial charge is 0.423 e. The summed E-state index contributed by atoms with van der Waals surface area (Å²) in [5.74, 6) is 0.00448. The summed E-state index contributed by atoms with van der Waals surface area (Å²) in [6.45, 7) is 1.81. The van der Waals surface area contributed by atoms with Crippen molar-refractivity contribution >= 4 is 17.6 Å². The molecular weight excluding hydrogens is 256 g/mol. The first-order chi connectivity index (χ1) is 9.63. The lowest BCUT2D eigenvalue weighted by Crippen LogP contribution is -2.19. The Kier molecular flexibility index (Phi) is 3.02. The Labute approximate surface area is 116 Å². The van der Waals surface area contributed by atoms with E-state index in [1.165, 1.54) is 0 Å². The fraction of sp³-hybridized carbons (Fsp3) is 0.200. The van der Waals surface area contributed by atoms with E-state index in [1.807, 2.05) is 13.0 Å². The van der Waals surface area contributed by atoms with Gasteiger partial charge in [-0.05, 0) is 31.0 Å². The van der Waals surface area contributed by atoms with Crippen LogP contribution < -0.4 is 10.1 Å². The third-order valence-corrected chi connectivity index (χ3v) is 3.36. The van der Waals surface area contributed by atoms with Gasteiger partial charge in [0.15, 0.2) is 0 Å². The highest BCUT2D eigenvalue weighted by Crippen LogP contribution is 2.27. The van der Waals surface area contributed by atoms with E-state index in [0.717, 1.165) is 16.9 Å². The summed E-state index contributed by atoms with van der Waals surface area (Å²) in [5, 5.41) is 2.78. The third-order valence-electron chi connectivity index (χ3n) is 3.36. The molecule has 0 saturated heterocycles. The normalized spacial score (nSPS) is 13.6. The molecule has 0 radical (unpaired) electrons. The lowest BCUT2D eigenvalue weighted by Gasteiger charge is -2.17. The van der Waals surface area contributed by atoms with E-state index in [9.17, 15) is 9.59 Å². The van der Waals surface area contributed by atoms with Gasteiger partial charge in [0.05, 0.1) is 5.56 Å². The molecule has 102 valence electrons. The predicted octanol–water partition coefficient (Wildman–Crippen LogP) is 2.43. The van der Waals surface area contributed by atoms with Gasteiger partial charge in [-0.2, -0.15) is 0 Å². The molecule has 0 aliphatic carbocycles. The first-order valence-electron chi connectivity index (χ1n) is 6.42. The number of fused-ring (bicyclic) bond motifs is 1. The van der Waals surface area contributed by atoms with Crippen LogP contribution in [-0.4, -0.2) is 16.9 Å². The number of hydrogen-bond acceptors (Lipinski definition) is 3. The number of anilines is 1. The second-order valence-electron chi connectivity index (χ2n) is 4.77. The number of esters is 1. The van der Waals surface area contributed by atoms with Crippen LogP contribution in [0.15, 0.2) is 30.5 Å². The lowest BCUT2D eigenvalue weighted by molar-refractivity contribution is -0.116. The van der Waals surface area contributed by atoms with Crippen molar-refractivity contribution in [1.29, 1.82) is 0 Å². The van der Waals surface area contributed by atoms with Crippen molar-refractivity contribution in [2.24, 2.45) is 0 Å². The SMILES string of the molecule is Cc1[nH]ccc1C(=O)Oc1ccc2c(c1)NC(=O)CC2. The molecule has 5 nitrogen and oxygen atoms in total. The van der Waals surface area contributed by atoms with Gasteiger partial charge in [0.1, 0.15) is 5.75 Å². The number of aromatic nitrogens is 1. The van der Waals surface area contributed by atoms with E-state index in [4.69, 9.17) is 4.74 Å². The quantitative estimate of drug-likeness (QED) is 0.650. The fourth-order valence-corrected chi connectivity index (χ4v) is 2.25. The number of benzene rings is 1. The molecule has 5 heteroatoms. The van der Waals surface area contributed by atoms with Crippen molar-refractivity contribution in [1.82, 2.24) is 4.98 Å². The zero-order chi connectivity index (χ0) is 14.1. The van der Waals surface area contributed by atoms with Crippen LogP contribution in [0.1, 0.15) is 28.0 Å². The van der Waals surface area contributed by atoms with Crippen LogP contribution >= 0.6 is 0 Å². The zero-order valence-corrected chi connectivity index (χ0v) is 11.0. The molecule has 0 saturated carbocycles. The van der Waals surface area contributed by atoms with Gasteiger partial charge < -0.3 is 15.0 Å². The van der Waals surface area contributed by atoms with Crippen LogP contribution in [0.5, 0.6) is 5.75 Å². The van der Waals surface area contributed by atoms with E-state index in [1.54, 1.807) is 24.4 Å². The molecule has 2 aromatic rings. The number of carbonyl (C=O) groups is 2. The Morgan fingerprint density at radius 1 is 1.25 bits per heavy atom. The van der Waals surface area contributed by atoms with Gasteiger partial charge in [0.2, 0.25) is 5.91 Å². The van der Waals surface area contributed by atoms with Gasteiger partial charge >= 0.3 is 5.97 Å². The number of aryl methyl sites for hydroxylation is 2. The Hall–Kier alpha value is -2.56. The third kappa shape index (κ3) is 2.30. The topological polar surface area (TPSA) is 71.2 Å². The second kappa shape index (κ2) is 4.85. The van der Waals surface area contributed by atoms with Crippen molar-refractivity contribution in [2.75, 3.05) is 5.32 Å². The molecule has 1 aliphatic rings. The van der Waals surface area contributed by atoms with Crippen LogP contribution in [0.2, 0.25) is 0 Å². The predicted molar refractivity (Wildman–Crippen MR) is 73.9 cm³/mol. The van der Waals surface area contributed by atoms with Gasteiger partial charge in [-0.15, -0.1) is 0 Å². The van der Waals surface area contributed by atoms with Crippen molar-refractivity contribution in [3.05, 3.63) is 47.3 Å². The maximum absolute atomic E-state index is 12.0. The minimum Gasteiger partial charge on any atom is -0.423 e. The molecule has 3 rings (SSSR count). The van der Waals surface area contributed by atoms with Crippen LogP contribution in [0, 0.1) is 6.92 Å². The summed E-state index contributed by atoms with van der Waals surface area (Å²) in [5.41, 5.74) is 3.05. The maximum Gasteiger partial charge on any atom is 0.345 e. The summed E-state index contributed by atoms with van der Waals surface area (Å²) < 4.78 is 5.33. The number of aromatic amines is 1. The molecule has 0 bridgehead atoms. The highest BCUT2D eigenvalue weighted by Gasteiger charge is 2.17. The Morgan fingerprint density at radius 3 is 2.85 bits per heavy atom. The second-order valence-corrected chi connectivity index (χ2v) is 4.77. The van der Waals surface area contributed by atoms with Crippen molar-refractivity contribution < 1.29 is 14.3 Å². The van der Waals surface area contributed by atoms with Crippen molar-refractivity contribution in [3.63, 3.8) is 0 Å². The minimum absolute atomic E-state index is 0.0116. The number of hydrogen-bond donors (Lipinski definition) is 2. The van der Waals surface area contributed by atoms with Gasteiger partial charge in [-0.3, -0.25) is 4.79 Å². The van der Waals surface area contributed by atoms with E-state index in [-0.39, 0.29) is 5.91 Å². The number of H-pyrrole nitrogens is 1. The molecule has 1 aromatic carbocycles. The van der Waals surface area contributed by atoms with Crippen molar-refractivity contribution in [3.8, 4) is 5.75 Å². The monoisotopic (exact) mass is 270 g/mol. The first-order valence-corrected chi connectivity index (χ1v) is 6.42. The van der Waals surface area contributed by atoms with Gasteiger partial charge in [0.25, 0.3) is 0 Å². The molecule has 2 heterocycles. The van der Waals surface area contributed by atoms with E-state index in [0.29, 0.717) is 24.2 Å². The van der Waals surface area contributed by atoms with E-state index in [2.05, 4.69) is 10.3 Å². The summed E-state index contributed by atoms with van der Waals surface area (Å²) >= 11 is 0. The first kappa shape index (κ1) is 12.5. The maximum atomic E-state index is 12.0. The van der Waals surface area contributed by atoms with Crippen LogP contribution in [0.4, 0.5) is 5.69 Å². The Bertz CT molecular complexity index is 688. The summed E-state index contributed by atoms with van der Waals surface area (Å²) in [6.07, 6.45) is 2.90. The number of amides is 1. The minimum atomic E-state index is -0.411. The standard InChI is InChI=1S/C15H14N2O3/c1-9-12(6-7-16-9)15(19)20-11-4-2-10-3-5-14(18)17-13(10)8-11/h2,4,6-8,16H,3,5H2,1H3,(H,17,18). The van der Waals surface area contributed by atoms with Crippen LogP contribution in [0.3, 0.4) is 0 Å². The molecule has 0 unspecified atom stereocenters. The average Bonchev–Trinajstić information content (AvgIpc) is 2.84. The molecule has 2 N–H and O–H groups in total. The van der Waals surface area contributed by atoms with Gasteiger partial charge in [-0.25, -0.2) is 4.79 Å². The molecule has 1 aliphatic heterocycles. The highest BCUT2D eigenvalue weighted by molar-refractivity contribution is 5.95. The Morgan fingerprint density at radius 2 is 2.10 bits per heavy atom. The molecule has 20 heavy (non-hydrogen) atoms. The van der Waals surface area contributed by atoms with Gasteiger partial charge in [-0.1, -0.05) is 6.07 Å². The number of rotatable bonds is 2. The molecule has 1 aromatic heterocycles. The molecule has 0 fully saturated rings. The van der Waals surface area contributed by atoms with Crippen LogP contribution in [0.25, 0.3) is 0 Å². The molecule has 0 spiro atoms. The summed E-state index contributed by atoms with van der Waals surface area (Å²) in [4.78, 5) is 26.3. The Balaban J connectivity index is 1.82. The molecular formula is C15H14N2O3. The number of ether oxygens (including phenoxy) is 1. The van der Waals surface area contributed by atoms with E-state index < -0.39 is 5.97 Å². The molecule has 0 atom stereocenters. The van der Waals surface area contributed by atoms with Crippen LogP contribution in [-0.2, 0) is 11.2 Å². The average molecular weight is 270 g/mol. The number of carbonyl (C=O) groups excluding carboxylic acids is 2. The smallest absolute Gasteiger partial charge is 0.345 e. The fourth-order valence-electron chi connectivity index (χ4n) is 2.25. The summed E-state index contributed by atoms with van der Waals surface area (Å²) in [6, 6.07) is 6.99. The van der Waals surface area contributed by atoms with Crippen molar-refractivity contribution in [2.45, 2.75) is 19.8 Å². The lowest BCUT2D eigenvalue weighted by atomic mass is 10.0. The number of nitrogens with one attached hydrogen (secondary N) is 2. The van der Waals surface area contributed by atoms with Gasteiger partial charge in [0, 0.05) is 30.1 Å². The highest BCUT2D eigenvalue weighted by atomic mass is 16.5. The van der Waals surface area contributed by atoms with E-state index >= 15 is 0 Å². The summed E-state index contributed by atoms with van der Waals surface area (Å²) in [7, 11) is 0. The molecule has 1 amide bonds.